The number of H-pyrrole nitrogens is 1. The standard InChI is InChI=1S/C9H9N3O2S2/c1-12-8(14)10-11-9(12)16-5-6(13)7-3-2-4-15-7/h2-4H,5H2,1H3,(H,10,14). The summed E-state index contributed by atoms with van der Waals surface area (Å²) in [6, 6.07) is 3.63. The summed E-state index contributed by atoms with van der Waals surface area (Å²) < 4.78 is 1.38. The van der Waals surface area contributed by atoms with Crippen LogP contribution >= 0.6 is 23.1 Å². The molecule has 0 aliphatic heterocycles. The minimum Gasteiger partial charge on any atom is -0.292 e. The van der Waals surface area contributed by atoms with Crippen molar-refractivity contribution in [2.75, 3.05) is 5.75 Å². The van der Waals surface area contributed by atoms with Crippen molar-refractivity contribution in [2.45, 2.75) is 5.16 Å². The van der Waals surface area contributed by atoms with Gasteiger partial charge in [0.15, 0.2) is 10.9 Å². The maximum atomic E-state index is 11.7. The number of nitrogens with zero attached hydrogens (tertiary/aromatic N) is 2. The first-order valence-corrected chi connectivity index (χ1v) is 6.36. The van der Waals surface area contributed by atoms with Crippen LogP contribution in [0, 0.1) is 0 Å². The first kappa shape index (κ1) is 11.2. The lowest BCUT2D eigenvalue weighted by atomic mass is 10.4. The van der Waals surface area contributed by atoms with Crippen LogP contribution < -0.4 is 5.69 Å². The molecular weight excluding hydrogens is 246 g/mol. The SMILES string of the molecule is Cn1c(SCC(=O)c2cccs2)n[nH]c1=O. The van der Waals surface area contributed by atoms with E-state index in [9.17, 15) is 9.59 Å². The van der Waals surface area contributed by atoms with Crippen LogP contribution in [0.3, 0.4) is 0 Å². The molecule has 2 rings (SSSR count). The molecule has 2 aromatic heterocycles. The predicted octanol–water partition coefficient (Wildman–Crippen LogP) is 1.14. The van der Waals surface area contributed by atoms with Gasteiger partial charge in [-0.05, 0) is 11.4 Å². The number of carbonyl (C=O) groups is 1. The Morgan fingerprint density at radius 2 is 2.50 bits per heavy atom. The normalized spacial score (nSPS) is 10.6. The predicted molar refractivity (Wildman–Crippen MR) is 63.2 cm³/mol. The number of ketones is 1. The lowest BCUT2D eigenvalue weighted by molar-refractivity contribution is 0.102. The van der Waals surface area contributed by atoms with Crippen molar-refractivity contribution in [1.29, 1.82) is 0 Å². The summed E-state index contributed by atoms with van der Waals surface area (Å²) in [5.41, 5.74) is -0.272. The van der Waals surface area contributed by atoms with Gasteiger partial charge in [0, 0.05) is 7.05 Å². The summed E-state index contributed by atoms with van der Waals surface area (Å²) in [7, 11) is 1.61. The molecular formula is C9H9N3O2S2. The van der Waals surface area contributed by atoms with Gasteiger partial charge >= 0.3 is 5.69 Å². The number of thiophene rings is 1. The molecule has 0 aliphatic carbocycles. The van der Waals surface area contributed by atoms with Crippen molar-refractivity contribution in [1.82, 2.24) is 14.8 Å². The highest BCUT2D eigenvalue weighted by Gasteiger charge is 2.10. The Labute approximate surface area is 99.5 Å². The molecule has 0 spiro atoms. The van der Waals surface area contributed by atoms with E-state index < -0.39 is 0 Å². The number of Topliss-reactive ketones (excluding diaryl/α,β-unsaturated/α-hetero) is 1. The van der Waals surface area contributed by atoms with E-state index in [4.69, 9.17) is 0 Å². The maximum Gasteiger partial charge on any atom is 0.343 e. The number of hydrogen-bond donors (Lipinski definition) is 1. The van der Waals surface area contributed by atoms with Crippen LogP contribution in [0.1, 0.15) is 9.67 Å². The Bertz CT molecular complexity index is 541. The second-order valence-electron chi connectivity index (χ2n) is 3.06. The van der Waals surface area contributed by atoms with E-state index in [1.165, 1.54) is 27.7 Å². The monoisotopic (exact) mass is 255 g/mol. The van der Waals surface area contributed by atoms with Gasteiger partial charge in [0.05, 0.1) is 10.6 Å². The smallest absolute Gasteiger partial charge is 0.292 e. The molecule has 0 saturated carbocycles. The van der Waals surface area contributed by atoms with E-state index in [1.807, 2.05) is 11.4 Å². The molecule has 0 aromatic carbocycles. The van der Waals surface area contributed by atoms with Crippen LogP contribution in [-0.2, 0) is 7.05 Å². The molecule has 0 saturated heterocycles. The molecule has 2 aromatic rings. The molecule has 5 nitrogen and oxygen atoms in total. The van der Waals surface area contributed by atoms with Crippen molar-refractivity contribution >= 4 is 28.9 Å². The highest BCUT2D eigenvalue weighted by atomic mass is 32.2. The van der Waals surface area contributed by atoms with Gasteiger partial charge in [-0.15, -0.1) is 16.4 Å². The first-order valence-electron chi connectivity index (χ1n) is 4.49. The van der Waals surface area contributed by atoms with Crippen LogP contribution in [-0.4, -0.2) is 26.3 Å². The van der Waals surface area contributed by atoms with Crippen LogP contribution in [0.4, 0.5) is 0 Å². The third-order valence-corrected chi connectivity index (χ3v) is 3.91. The van der Waals surface area contributed by atoms with Gasteiger partial charge in [0.25, 0.3) is 0 Å². The van der Waals surface area contributed by atoms with E-state index in [2.05, 4.69) is 10.2 Å². The molecule has 16 heavy (non-hydrogen) atoms. The molecule has 0 fully saturated rings. The number of aromatic nitrogens is 3. The number of nitrogens with one attached hydrogen (secondary N) is 1. The summed E-state index contributed by atoms with van der Waals surface area (Å²) >= 11 is 2.67. The zero-order valence-corrected chi connectivity index (χ0v) is 10.1. The second-order valence-corrected chi connectivity index (χ2v) is 4.95. The molecule has 2 heterocycles. The number of aromatic amines is 1. The van der Waals surface area contributed by atoms with Crippen molar-refractivity contribution in [3.8, 4) is 0 Å². The lowest BCUT2D eigenvalue weighted by Crippen LogP contribution is -2.13. The van der Waals surface area contributed by atoms with Gasteiger partial charge in [-0.1, -0.05) is 17.8 Å². The zero-order valence-electron chi connectivity index (χ0n) is 8.47. The largest absolute Gasteiger partial charge is 0.343 e. The Kier molecular flexibility index (Phi) is 3.25. The first-order chi connectivity index (χ1) is 7.68. The van der Waals surface area contributed by atoms with Gasteiger partial charge in [0.1, 0.15) is 0 Å². The van der Waals surface area contributed by atoms with E-state index in [0.29, 0.717) is 10.9 Å². The summed E-state index contributed by atoms with van der Waals surface area (Å²) in [6.07, 6.45) is 0. The Balaban J connectivity index is 2.01. The van der Waals surface area contributed by atoms with Crippen molar-refractivity contribution < 1.29 is 4.79 Å². The minimum atomic E-state index is -0.272. The molecule has 0 aliphatic rings. The molecule has 84 valence electrons. The van der Waals surface area contributed by atoms with E-state index in [-0.39, 0.29) is 11.5 Å². The van der Waals surface area contributed by atoms with Crippen molar-refractivity contribution in [3.63, 3.8) is 0 Å². The highest BCUT2D eigenvalue weighted by molar-refractivity contribution is 7.99. The van der Waals surface area contributed by atoms with Gasteiger partial charge in [-0.25, -0.2) is 9.89 Å². The third-order valence-electron chi connectivity index (χ3n) is 1.97. The fraction of sp³-hybridized carbons (Fsp3) is 0.222. The van der Waals surface area contributed by atoms with E-state index >= 15 is 0 Å². The average Bonchev–Trinajstić information content (AvgIpc) is 2.89. The maximum absolute atomic E-state index is 11.7. The third kappa shape index (κ3) is 2.25. The second kappa shape index (κ2) is 4.67. The molecule has 7 heteroatoms. The topological polar surface area (TPSA) is 67.8 Å². The Morgan fingerprint density at radius 1 is 1.69 bits per heavy atom. The number of thioether (sulfide) groups is 1. The van der Waals surface area contributed by atoms with Gasteiger partial charge in [-0.2, -0.15) is 0 Å². The quantitative estimate of drug-likeness (QED) is 0.657. The van der Waals surface area contributed by atoms with E-state index in [0.717, 1.165) is 4.88 Å². The fourth-order valence-electron chi connectivity index (χ4n) is 1.10. The molecule has 1 N–H and O–H groups in total. The summed E-state index contributed by atoms with van der Waals surface area (Å²) in [6.45, 7) is 0. The van der Waals surface area contributed by atoms with Gasteiger partial charge in [-0.3, -0.25) is 9.36 Å². The number of carbonyl (C=O) groups excluding carboxylic acids is 1. The average molecular weight is 255 g/mol. The molecule has 0 bridgehead atoms. The van der Waals surface area contributed by atoms with E-state index in [1.54, 1.807) is 13.1 Å². The van der Waals surface area contributed by atoms with Gasteiger partial charge < -0.3 is 0 Å². The van der Waals surface area contributed by atoms with Gasteiger partial charge in [0.2, 0.25) is 0 Å². The minimum absolute atomic E-state index is 0.0513. The molecule has 0 radical (unpaired) electrons. The number of hydrogen-bond acceptors (Lipinski definition) is 5. The fourth-order valence-corrected chi connectivity index (χ4v) is 2.66. The summed E-state index contributed by atoms with van der Waals surface area (Å²) in [5.74, 6) is 0.342. The van der Waals surface area contributed by atoms with Crippen molar-refractivity contribution in [2.24, 2.45) is 7.05 Å². The summed E-state index contributed by atoms with van der Waals surface area (Å²) in [4.78, 5) is 23.5. The van der Waals surface area contributed by atoms with Crippen molar-refractivity contribution in [3.05, 3.63) is 32.9 Å². The van der Waals surface area contributed by atoms with Crippen LogP contribution in [0.2, 0.25) is 0 Å². The summed E-state index contributed by atoms with van der Waals surface area (Å²) in [5, 5.41) is 8.52. The highest BCUT2D eigenvalue weighted by Crippen LogP contribution is 2.17. The molecule has 0 atom stereocenters. The zero-order chi connectivity index (χ0) is 11.5. The lowest BCUT2D eigenvalue weighted by Gasteiger charge is -1.97. The number of rotatable bonds is 4. The Hall–Kier alpha value is -1.34. The Morgan fingerprint density at radius 3 is 3.06 bits per heavy atom. The molecule has 0 unspecified atom stereocenters. The van der Waals surface area contributed by atoms with Crippen LogP contribution in [0.5, 0.6) is 0 Å². The van der Waals surface area contributed by atoms with Crippen LogP contribution in [0.15, 0.2) is 27.5 Å². The molecule has 0 amide bonds. The van der Waals surface area contributed by atoms with Crippen LogP contribution in [0.25, 0.3) is 0 Å².